The lowest BCUT2D eigenvalue weighted by atomic mass is 10.1. The molecule has 0 amide bonds. The van der Waals surface area contributed by atoms with Crippen LogP contribution in [-0.2, 0) is 14.0 Å². The Hall–Kier alpha value is -1.59. The van der Waals surface area contributed by atoms with E-state index in [2.05, 4.69) is 47.0 Å². The summed E-state index contributed by atoms with van der Waals surface area (Å²) in [6.45, 7) is 18.2. The summed E-state index contributed by atoms with van der Waals surface area (Å²) in [5, 5.41) is 0.0142. The van der Waals surface area contributed by atoms with Crippen molar-refractivity contribution in [2.75, 3.05) is 6.61 Å². The molecule has 0 aliphatic rings. The van der Waals surface area contributed by atoms with E-state index in [1.165, 1.54) is 6.08 Å². The summed E-state index contributed by atoms with van der Waals surface area (Å²) in [7, 11) is -2.09. The molecular formula is C17H26O4Si. The largest absolute Gasteiger partial charge is 0.472 e. The molecule has 0 saturated heterocycles. The van der Waals surface area contributed by atoms with Gasteiger partial charge in [-0.3, -0.25) is 0 Å². The average molecular weight is 322 g/mol. The van der Waals surface area contributed by atoms with Crippen molar-refractivity contribution in [1.82, 2.24) is 0 Å². The summed E-state index contributed by atoms with van der Waals surface area (Å²) in [6, 6.07) is 1.78. The van der Waals surface area contributed by atoms with Gasteiger partial charge < -0.3 is 13.6 Å². The molecule has 0 bridgehead atoms. The van der Waals surface area contributed by atoms with Crippen LogP contribution in [0.25, 0.3) is 0 Å². The second-order valence-corrected chi connectivity index (χ2v) is 11.5. The maximum Gasteiger partial charge on any atom is 0.336 e. The predicted octanol–water partition coefficient (Wildman–Crippen LogP) is 4.63. The monoisotopic (exact) mass is 322 g/mol. The van der Waals surface area contributed by atoms with Crippen LogP contribution >= 0.6 is 0 Å². The fourth-order valence-corrected chi connectivity index (χ4v) is 2.79. The third-order valence-electron chi connectivity index (χ3n) is 3.98. The highest BCUT2D eigenvalue weighted by Crippen LogP contribution is 2.41. The van der Waals surface area contributed by atoms with E-state index in [4.69, 9.17) is 13.6 Å². The fraction of sp³-hybridized carbons (Fsp3) is 0.471. The second-order valence-electron chi connectivity index (χ2n) is 6.73. The van der Waals surface area contributed by atoms with Crippen LogP contribution in [0.15, 0.2) is 47.8 Å². The Morgan fingerprint density at radius 3 is 2.55 bits per heavy atom. The molecule has 1 aromatic rings. The second kappa shape index (κ2) is 7.11. The first-order chi connectivity index (χ1) is 10.1. The third-order valence-corrected chi connectivity index (χ3v) is 8.41. The Bertz CT molecular complexity index is 523. The Balaban J connectivity index is 3.03. The molecule has 22 heavy (non-hydrogen) atoms. The topological polar surface area (TPSA) is 48.7 Å². The van der Waals surface area contributed by atoms with Crippen molar-refractivity contribution in [3.8, 4) is 0 Å². The molecule has 0 aromatic carbocycles. The van der Waals surface area contributed by atoms with Crippen LogP contribution in [0, 0.1) is 0 Å². The summed E-state index contributed by atoms with van der Waals surface area (Å²) in [4.78, 5) is 12.1. The lowest BCUT2D eigenvalue weighted by Crippen LogP contribution is -2.42. The van der Waals surface area contributed by atoms with Crippen molar-refractivity contribution in [3.63, 3.8) is 0 Å². The number of carbonyl (C=O) groups is 1. The molecule has 122 valence electrons. The molecule has 1 rings (SSSR count). The molecule has 4 nitrogen and oxygen atoms in total. The van der Waals surface area contributed by atoms with E-state index in [-0.39, 0.29) is 17.2 Å². The smallest absolute Gasteiger partial charge is 0.336 e. The lowest BCUT2D eigenvalue weighted by molar-refractivity contribution is -0.138. The number of furan rings is 1. The molecule has 0 spiro atoms. The highest BCUT2D eigenvalue weighted by atomic mass is 28.4. The molecule has 0 radical (unpaired) electrons. The molecule has 5 heteroatoms. The predicted molar refractivity (Wildman–Crippen MR) is 90.0 cm³/mol. The maximum atomic E-state index is 12.1. The zero-order valence-electron chi connectivity index (χ0n) is 14.1. The van der Waals surface area contributed by atoms with E-state index >= 15 is 0 Å². The van der Waals surface area contributed by atoms with Crippen LogP contribution < -0.4 is 0 Å². The van der Waals surface area contributed by atoms with Gasteiger partial charge in [-0.25, -0.2) is 4.79 Å². The quantitative estimate of drug-likeness (QED) is 0.318. The summed E-state index contributed by atoms with van der Waals surface area (Å²) in [5.74, 6) is -0.482. The molecule has 0 fully saturated rings. The highest BCUT2D eigenvalue weighted by molar-refractivity contribution is 6.74. The minimum atomic E-state index is -2.09. The zero-order valence-corrected chi connectivity index (χ0v) is 15.1. The number of ether oxygens (including phenoxy) is 1. The van der Waals surface area contributed by atoms with Crippen LogP contribution in [0.2, 0.25) is 18.1 Å². The van der Waals surface area contributed by atoms with Crippen molar-refractivity contribution in [1.29, 1.82) is 0 Å². The SMILES string of the molecule is C=CCOC(=O)C(=C)C(O[Si](C)(C)C(C)(C)C)c1ccoc1. The molecule has 1 aromatic heterocycles. The number of carbonyl (C=O) groups excluding carboxylic acids is 1. The summed E-state index contributed by atoms with van der Waals surface area (Å²) in [5.41, 5.74) is 1.04. The van der Waals surface area contributed by atoms with E-state index in [0.717, 1.165) is 5.56 Å². The van der Waals surface area contributed by atoms with Crippen LogP contribution in [0.4, 0.5) is 0 Å². The van der Waals surface area contributed by atoms with Gasteiger partial charge in [0.2, 0.25) is 0 Å². The highest BCUT2D eigenvalue weighted by Gasteiger charge is 2.41. The van der Waals surface area contributed by atoms with Gasteiger partial charge in [-0.15, -0.1) is 0 Å². The first-order valence-corrected chi connectivity index (χ1v) is 10.2. The van der Waals surface area contributed by atoms with E-state index in [9.17, 15) is 4.79 Å². The Labute approximate surface area is 133 Å². The van der Waals surface area contributed by atoms with Gasteiger partial charge in [0, 0.05) is 5.56 Å². The van der Waals surface area contributed by atoms with Crippen molar-refractivity contribution in [2.24, 2.45) is 0 Å². The van der Waals surface area contributed by atoms with Gasteiger partial charge in [0.05, 0.1) is 18.1 Å². The minimum absolute atomic E-state index is 0.0142. The number of rotatable bonds is 7. The standard InChI is InChI=1S/C17H26O4Si/c1-8-10-20-16(18)13(2)15(14-9-11-19-12-14)21-22(6,7)17(3,4)5/h8-9,11-12,15H,1-2,10H2,3-7H3. The molecule has 1 unspecified atom stereocenters. The summed E-state index contributed by atoms with van der Waals surface area (Å²) < 4.78 is 16.6. The van der Waals surface area contributed by atoms with Crippen LogP contribution in [0.3, 0.4) is 0 Å². The first kappa shape index (κ1) is 18.5. The molecule has 1 heterocycles. The first-order valence-electron chi connectivity index (χ1n) is 7.27. The maximum absolute atomic E-state index is 12.1. The van der Waals surface area contributed by atoms with Gasteiger partial charge in [0.15, 0.2) is 8.32 Å². The Morgan fingerprint density at radius 2 is 2.09 bits per heavy atom. The number of hydrogen-bond donors (Lipinski definition) is 0. The summed E-state index contributed by atoms with van der Waals surface area (Å²) >= 11 is 0. The van der Waals surface area contributed by atoms with Crippen molar-refractivity contribution in [3.05, 3.63) is 49.0 Å². The number of esters is 1. The van der Waals surface area contributed by atoms with Gasteiger partial charge >= 0.3 is 5.97 Å². The number of hydrogen-bond acceptors (Lipinski definition) is 4. The van der Waals surface area contributed by atoms with E-state index in [1.807, 2.05) is 0 Å². The van der Waals surface area contributed by atoms with Crippen molar-refractivity contribution in [2.45, 2.75) is 45.0 Å². The zero-order chi connectivity index (χ0) is 17.0. The van der Waals surface area contributed by atoms with Gasteiger partial charge in [-0.1, -0.05) is 40.0 Å². The third kappa shape index (κ3) is 4.45. The van der Waals surface area contributed by atoms with E-state index in [0.29, 0.717) is 0 Å². The van der Waals surface area contributed by atoms with Gasteiger partial charge in [-0.05, 0) is 24.2 Å². The minimum Gasteiger partial charge on any atom is -0.472 e. The molecule has 0 aliphatic heterocycles. The average Bonchev–Trinajstić information content (AvgIpc) is 2.94. The van der Waals surface area contributed by atoms with E-state index < -0.39 is 20.4 Å². The molecule has 1 atom stereocenters. The van der Waals surface area contributed by atoms with Crippen molar-refractivity contribution < 1.29 is 18.4 Å². The molecule has 0 aliphatic carbocycles. The molecular weight excluding hydrogens is 296 g/mol. The van der Waals surface area contributed by atoms with Crippen molar-refractivity contribution >= 4 is 14.3 Å². The fourth-order valence-electron chi connectivity index (χ4n) is 1.57. The van der Waals surface area contributed by atoms with Gasteiger partial charge in [0.1, 0.15) is 12.7 Å². The Kier molecular flexibility index (Phi) is 5.97. The van der Waals surface area contributed by atoms with Gasteiger partial charge in [-0.2, -0.15) is 0 Å². The van der Waals surface area contributed by atoms with E-state index in [1.54, 1.807) is 18.6 Å². The summed E-state index contributed by atoms with van der Waals surface area (Å²) in [6.07, 6.45) is 4.09. The van der Waals surface area contributed by atoms with Gasteiger partial charge in [0.25, 0.3) is 0 Å². The lowest BCUT2D eigenvalue weighted by Gasteiger charge is -2.39. The van der Waals surface area contributed by atoms with Crippen LogP contribution in [-0.4, -0.2) is 20.9 Å². The molecule has 0 N–H and O–H groups in total. The Morgan fingerprint density at radius 1 is 1.45 bits per heavy atom. The molecule has 0 saturated carbocycles. The van der Waals surface area contributed by atoms with Crippen LogP contribution in [0.5, 0.6) is 0 Å². The normalized spacial score (nSPS) is 13.5. The van der Waals surface area contributed by atoms with Crippen LogP contribution in [0.1, 0.15) is 32.4 Å².